The SMILES string of the molecule is Cc1nonc1CC(=O)N1CCCC(c2cc3nc4c(c(=O)n3[nH]2)CCCC4)C1. The largest absolute Gasteiger partial charge is 0.342 e. The number of piperidine rings is 1. The van der Waals surface area contributed by atoms with Crippen LogP contribution in [0.15, 0.2) is 15.5 Å². The standard InChI is InChI=1S/C20H24N6O3/c1-12-16(24-29-23-12)10-19(27)25-8-4-5-13(11-25)17-9-18-21-15-7-3-2-6-14(15)20(28)26(18)22-17/h9,13,22H,2-8,10-11H2,1H3. The van der Waals surface area contributed by atoms with Gasteiger partial charge in [-0.2, -0.15) is 0 Å². The first-order valence-corrected chi connectivity index (χ1v) is 10.3. The Morgan fingerprint density at radius 2 is 2.14 bits per heavy atom. The minimum absolute atomic E-state index is 0.0219. The molecule has 0 aromatic carbocycles. The van der Waals surface area contributed by atoms with E-state index in [0.717, 1.165) is 62.0 Å². The molecule has 0 spiro atoms. The van der Waals surface area contributed by atoms with Crippen molar-refractivity contribution in [3.63, 3.8) is 0 Å². The van der Waals surface area contributed by atoms with Crippen molar-refractivity contribution >= 4 is 11.6 Å². The van der Waals surface area contributed by atoms with E-state index in [4.69, 9.17) is 9.61 Å². The van der Waals surface area contributed by atoms with Crippen molar-refractivity contribution in [1.82, 2.24) is 29.8 Å². The maximum Gasteiger partial charge on any atom is 0.276 e. The van der Waals surface area contributed by atoms with Gasteiger partial charge in [-0.15, -0.1) is 0 Å². The molecule has 2 aliphatic rings. The third-order valence-electron chi connectivity index (χ3n) is 6.18. The minimum atomic E-state index is 0.0219. The van der Waals surface area contributed by atoms with Gasteiger partial charge < -0.3 is 4.90 Å². The number of aryl methyl sites for hydroxylation is 2. The Hall–Kier alpha value is -2.97. The third kappa shape index (κ3) is 3.24. The maximum absolute atomic E-state index is 12.9. The quantitative estimate of drug-likeness (QED) is 0.719. The lowest BCUT2D eigenvalue weighted by Gasteiger charge is -2.32. The van der Waals surface area contributed by atoms with Crippen LogP contribution in [0.1, 0.15) is 59.9 Å². The number of hydrogen-bond donors (Lipinski definition) is 1. The number of amides is 1. The first kappa shape index (κ1) is 18.1. The van der Waals surface area contributed by atoms with Crippen molar-refractivity contribution < 1.29 is 9.42 Å². The molecule has 1 N–H and O–H groups in total. The van der Waals surface area contributed by atoms with Crippen molar-refractivity contribution in [3.8, 4) is 0 Å². The van der Waals surface area contributed by atoms with Gasteiger partial charge in [-0.05, 0) is 45.4 Å². The fourth-order valence-electron chi connectivity index (χ4n) is 4.51. The smallest absolute Gasteiger partial charge is 0.276 e. The predicted molar refractivity (Wildman–Crippen MR) is 104 cm³/mol. The van der Waals surface area contributed by atoms with Crippen LogP contribution in [0.25, 0.3) is 5.65 Å². The first-order chi connectivity index (χ1) is 14.1. The summed E-state index contributed by atoms with van der Waals surface area (Å²) in [7, 11) is 0. The number of aromatic amines is 1. The van der Waals surface area contributed by atoms with Crippen molar-refractivity contribution in [2.24, 2.45) is 0 Å². The second-order valence-corrected chi connectivity index (χ2v) is 8.11. The van der Waals surface area contributed by atoms with Crippen LogP contribution >= 0.6 is 0 Å². The zero-order valence-corrected chi connectivity index (χ0v) is 16.5. The first-order valence-electron chi connectivity index (χ1n) is 10.3. The zero-order chi connectivity index (χ0) is 20.0. The van der Waals surface area contributed by atoms with Gasteiger partial charge in [0.2, 0.25) is 5.91 Å². The van der Waals surface area contributed by atoms with Gasteiger partial charge in [-0.3, -0.25) is 14.7 Å². The monoisotopic (exact) mass is 396 g/mol. The average Bonchev–Trinajstić information content (AvgIpc) is 3.35. The summed E-state index contributed by atoms with van der Waals surface area (Å²) in [5.41, 5.74) is 4.70. The van der Waals surface area contributed by atoms with Gasteiger partial charge in [0.15, 0.2) is 5.65 Å². The summed E-state index contributed by atoms with van der Waals surface area (Å²) >= 11 is 0. The molecule has 152 valence electrons. The van der Waals surface area contributed by atoms with E-state index in [-0.39, 0.29) is 23.8 Å². The van der Waals surface area contributed by atoms with Crippen LogP contribution in [0.4, 0.5) is 0 Å². The molecule has 0 saturated carbocycles. The van der Waals surface area contributed by atoms with Gasteiger partial charge >= 0.3 is 0 Å². The highest BCUT2D eigenvalue weighted by Crippen LogP contribution is 2.27. The molecule has 1 atom stereocenters. The molecule has 3 aromatic rings. The molecule has 1 aliphatic carbocycles. The van der Waals surface area contributed by atoms with Crippen LogP contribution in [-0.2, 0) is 24.1 Å². The fraction of sp³-hybridized carbons (Fsp3) is 0.550. The second-order valence-electron chi connectivity index (χ2n) is 8.11. The molecular weight excluding hydrogens is 372 g/mol. The molecular formula is C20H24N6O3. The van der Waals surface area contributed by atoms with Crippen LogP contribution in [-0.4, -0.2) is 48.8 Å². The lowest BCUT2D eigenvalue weighted by Crippen LogP contribution is -2.40. The van der Waals surface area contributed by atoms with Gasteiger partial charge in [0.1, 0.15) is 11.4 Å². The molecule has 9 nitrogen and oxygen atoms in total. The Kier molecular flexibility index (Phi) is 4.44. The van der Waals surface area contributed by atoms with Crippen LogP contribution in [0.2, 0.25) is 0 Å². The lowest BCUT2D eigenvalue weighted by atomic mass is 9.94. The number of aromatic nitrogens is 5. The topological polar surface area (TPSA) is 109 Å². The van der Waals surface area contributed by atoms with Crippen LogP contribution in [0, 0.1) is 6.92 Å². The molecule has 0 bridgehead atoms. The minimum Gasteiger partial charge on any atom is -0.342 e. The maximum atomic E-state index is 12.9. The summed E-state index contributed by atoms with van der Waals surface area (Å²) in [6, 6.07) is 1.97. The van der Waals surface area contributed by atoms with E-state index >= 15 is 0 Å². The summed E-state index contributed by atoms with van der Waals surface area (Å²) in [6.07, 6.45) is 5.90. The number of H-pyrrole nitrogens is 1. The van der Waals surface area contributed by atoms with Crippen molar-refractivity contribution in [2.75, 3.05) is 13.1 Å². The summed E-state index contributed by atoms with van der Waals surface area (Å²) < 4.78 is 6.27. The van der Waals surface area contributed by atoms with E-state index in [9.17, 15) is 9.59 Å². The second kappa shape index (κ2) is 7.13. The van der Waals surface area contributed by atoms with Gasteiger partial charge in [-0.1, -0.05) is 10.3 Å². The highest BCUT2D eigenvalue weighted by molar-refractivity contribution is 5.78. The van der Waals surface area contributed by atoms with E-state index in [1.54, 1.807) is 11.4 Å². The van der Waals surface area contributed by atoms with E-state index < -0.39 is 0 Å². The lowest BCUT2D eigenvalue weighted by molar-refractivity contribution is -0.131. The number of fused-ring (bicyclic) bond motifs is 2. The summed E-state index contributed by atoms with van der Waals surface area (Å²) in [5.74, 6) is 0.178. The molecule has 1 amide bonds. The number of nitrogens with zero attached hydrogens (tertiary/aromatic N) is 5. The molecule has 5 rings (SSSR count). The molecule has 1 aliphatic heterocycles. The van der Waals surface area contributed by atoms with Crippen LogP contribution < -0.4 is 5.56 Å². The number of rotatable bonds is 3. The van der Waals surface area contributed by atoms with Crippen molar-refractivity contribution in [2.45, 2.75) is 57.8 Å². The van der Waals surface area contributed by atoms with E-state index in [1.165, 1.54) is 0 Å². The number of hydrogen-bond acceptors (Lipinski definition) is 6. The Bertz CT molecular complexity index is 1130. The van der Waals surface area contributed by atoms with Gasteiger partial charge in [0, 0.05) is 36.3 Å². The number of carbonyl (C=O) groups is 1. The van der Waals surface area contributed by atoms with Crippen LogP contribution in [0.3, 0.4) is 0 Å². The predicted octanol–water partition coefficient (Wildman–Crippen LogP) is 1.54. The Morgan fingerprint density at radius 3 is 2.97 bits per heavy atom. The summed E-state index contributed by atoms with van der Waals surface area (Å²) in [4.78, 5) is 32.2. The molecule has 1 unspecified atom stereocenters. The molecule has 4 heterocycles. The summed E-state index contributed by atoms with van der Waals surface area (Å²) in [6.45, 7) is 3.13. The highest BCUT2D eigenvalue weighted by Gasteiger charge is 2.28. The van der Waals surface area contributed by atoms with Crippen molar-refractivity contribution in [1.29, 1.82) is 0 Å². The number of carbonyl (C=O) groups excluding carboxylic acids is 1. The normalized spacial score (nSPS) is 19.5. The van der Waals surface area contributed by atoms with Crippen molar-refractivity contribution in [3.05, 3.63) is 44.8 Å². The molecule has 1 saturated heterocycles. The van der Waals surface area contributed by atoms with Gasteiger partial charge in [0.25, 0.3) is 5.56 Å². The summed E-state index contributed by atoms with van der Waals surface area (Å²) in [5, 5.41) is 10.8. The Morgan fingerprint density at radius 1 is 1.28 bits per heavy atom. The molecule has 29 heavy (non-hydrogen) atoms. The van der Waals surface area contributed by atoms with E-state index in [2.05, 4.69) is 15.4 Å². The third-order valence-corrected chi connectivity index (χ3v) is 6.18. The van der Waals surface area contributed by atoms with Crippen LogP contribution in [0.5, 0.6) is 0 Å². The van der Waals surface area contributed by atoms with Gasteiger partial charge in [0.05, 0.1) is 12.1 Å². The molecule has 3 aromatic heterocycles. The molecule has 9 heteroatoms. The Balaban J connectivity index is 1.38. The fourth-order valence-corrected chi connectivity index (χ4v) is 4.51. The van der Waals surface area contributed by atoms with Gasteiger partial charge in [-0.25, -0.2) is 14.1 Å². The Labute approximate surface area is 167 Å². The number of nitrogens with one attached hydrogen (secondary N) is 1. The molecule has 1 fully saturated rings. The van der Waals surface area contributed by atoms with E-state index in [0.29, 0.717) is 23.6 Å². The average molecular weight is 396 g/mol. The zero-order valence-electron chi connectivity index (χ0n) is 16.5. The molecule has 0 radical (unpaired) electrons. The number of likely N-dealkylation sites (tertiary alicyclic amines) is 1. The highest BCUT2D eigenvalue weighted by atomic mass is 16.6. The van der Waals surface area contributed by atoms with E-state index in [1.807, 2.05) is 11.0 Å².